The van der Waals surface area contributed by atoms with Gasteiger partial charge in [-0.25, -0.2) is 5.01 Å². The molecule has 1 aliphatic heterocycles. The second kappa shape index (κ2) is 8.96. The van der Waals surface area contributed by atoms with Crippen LogP contribution in [0.2, 0.25) is 0 Å². The molecule has 1 heterocycles. The van der Waals surface area contributed by atoms with Gasteiger partial charge >= 0.3 is 0 Å². The Morgan fingerprint density at radius 1 is 1.06 bits per heavy atom. The lowest BCUT2D eigenvalue weighted by Gasteiger charge is -2.33. The largest absolute Gasteiger partial charge is 0.497 e. The minimum Gasteiger partial charge on any atom is -0.497 e. The number of hydrogen-bond donors (Lipinski definition) is 0. The second-order valence-electron chi connectivity index (χ2n) is 8.33. The fourth-order valence-electron chi connectivity index (χ4n) is 4.76. The van der Waals surface area contributed by atoms with E-state index in [0.29, 0.717) is 5.92 Å². The van der Waals surface area contributed by atoms with Crippen LogP contribution in [0, 0.1) is 11.8 Å². The number of allylic oxidation sites excluding steroid dienone is 1. The lowest BCUT2D eigenvalue weighted by molar-refractivity contribution is -0.131. The highest BCUT2D eigenvalue weighted by Crippen LogP contribution is 2.47. The van der Waals surface area contributed by atoms with E-state index in [1.807, 2.05) is 24.3 Å². The van der Waals surface area contributed by atoms with E-state index in [1.54, 1.807) is 26.2 Å². The van der Waals surface area contributed by atoms with Gasteiger partial charge in [0.2, 0.25) is 5.91 Å². The molecular weight excluding hydrogens is 388 g/mol. The number of nitrogens with zero attached hydrogens (tertiary/aromatic N) is 2. The van der Waals surface area contributed by atoms with Crippen molar-refractivity contribution in [3.8, 4) is 11.5 Å². The third-order valence-corrected chi connectivity index (χ3v) is 6.45. The molecule has 3 unspecified atom stereocenters. The lowest BCUT2D eigenvalue weighted by atomic mass is 9.72. The number of hydrogen-bond acceptors (Lipinski definition) is 4. The average molecular weight is 419 g/mol. The Morgan fingerprint density at radius 2 is 1.68 bits per heavy atom. The molecular formula is C26H30N2O3. The maximum atomic E-state index is 12.5. The zero-order chi connectivity index (χ0) is 22.0. The highest BCUT2D eigenvalue weighted by molar-refractivity contribution is 6.08. The van der Waals surface area contributed by atoms with E-state index in [2.05, 4.69) is 37.3 Å². The van der Waals surface area contributed by atoms with Crippen LogP contribution in [-0.2, 0) is 4.79 Å². The van der Waals surface area contributed by atoms with Crippen LogP contribution in [0.3, 0.4) is 0 Å². The minimum absolute atomic E-state index is 0.0282. The maximum absolute atomic E-state index is 12.5. The van der Waals surface area contributed by atoms with Crippen LogP contribution in [0.1, 0.15) is 50.3 Å². The molecule has 162 valence electrons. The molecule has 4 rings (SSSR count). The fourth-order valence-corrected chi connectivity index (χ4v) is 4.76. The Balaban J connectivity index is 1.73. The first kappa shape index (κ1) is 21.2. The van der Waals surface area contributed by atoms with E-state index < -0.39 is 0 Å². The third kappa shape index (κ3) is 4.22. The average Bonchev–Trinajstić information content (AvgIpc) is 3.19. The highest BCUT2D eigenvalue weighted by atomic mass is 16.5. The molecule has 0 spiro atoms. The fraction of sp³-hybridized carbons (Fsp3) is 0.385. The van der Waals surface area contributed by atoms with E-state index in [9.17, 15) is 4.79 Å². The lowest BCUT2D eigenvalue weighted by Crippen LogP contribution is -2.32. The van der Waals surface area contributed by atoms with E-state index in [-0.39, 0.29) is 17.9 Å². The number of benzene rings is 2. The van der Waals surface area contributed by atoms with Gasteiger partial charge in [0.25, 0.3) is 0 Å². The number of amides is 1. The van der Waals surface area contributed by atoms with Gasteiger partial charge in [-0.1, -0.05) is 37.6 Å². The predicted octanol–water partition coefficient (Wildman–Crippen LogP) is 5.48. The molecule has 1 fully saturated rings. The molecule has 2 aromatic rings. The summed E-state index contributed by atoms with van der Waals surface area (Å²) in [7, 11) is 3.34. The summed E-state index contributed by atoms with van der Waals surface area (Å²) in [4.78, 5) is 12.5. The van der Waals surface area contributed by atoms with Crippen LogP contribution < -0.4 is 9.47 Å². The van der Waals surface area contributed by atoms with Gasteiger partial charge < -0.3 is 9.47 Å². The molecule has 0 saturated heterocycles. The van der Waals surface area contributed by atoms with Crippen molar-refractivity contribution in [1.29, 1.82) is 0 Å². The van der Waals surface area contributed by atoms with Crippen molar-refractivity contribution in [2.45, 2.75) is 39.2 Å². The van der Waals surface area contributed by atoms with Gasteiger partial charge in [-0.3, -0.25) is 4.79 Å². The minimum atomic E-state index is -0.0768. The van der Waals surface area contributed by atoms with Crippen molar-refractivity contribution in [2.24, 2.45) is 16.9 Å². The molecule has 2 aromatic carbocycles. The van der Waals surface area contributed by atoms with Crippen LogP contribution in [-0.4, -0.2) is 30.8 Å². The van der Waals surface area contributed by atoms with E-state index in [0.717, 1.165) is 47.6 Å². The SMILES string of the molecule is CCC1C/C(=C\c2ccc(OC)cc2)C2=NN(C(C)=O)C(c3ccc(OC)cc3)C2C1. The van der Waals surface area contributed by atoms with Crippen molar-refractivity contribution in [3.63, 3.8) is 0 Å². The first-order valence-electron chi connectivity index (χ1n) is 10.9. The predicted molar refractivity (Wildman–Crippen MR) is 123 cm³/mol. The molecule has 1 amide bonds. The van der Waals surface area contributed by atoms with Crippen LogP contribution in [0.15, 0.2) is 59.2 Å². The number of carbonyl (C=O) groups excluding carboxylic acids is 1. The van der Waals surface area contributed by atoms with Crippen LogP contribution in [0.25, 0.3) is 6.08 Å². The second-order valence-corrected chi connectivity index (χ2v) is 8.33. The number of hydrazone groups is 1. The summed E-state index contributed by atoms with van der Waals surface area (Å²) in [5, 5.41) is 6.55. The third-order valence-electron chi connectivity index (χ3n) is 6.45. The summed E-state index contributed by atoms with van der Waals surface area (Å²) in [5.74, 6) is 2.39. The first-order chi connectivity index (χ1) is 15.0. The molecule has 31 heavy (non-hydrogen) atoms. The number of ether oxygens (including phenoxy) is 2. The molecule has 0 aromatic heterocycles. The molecule has 0 bridgehead atoms. The molecule has 5 heteroatoms. The molecule has 2 aliphatic rings. The van der Waals surface area contributed by atoms with E-state index in [1.165, 1.54) is 5.57 Å². The van der Waals surface area contributed by atoms with Crippen molar-refractivity contribution < 1.29 is 14.3 Å². The summed E-state index contributed by atoms with van der Waals surface area (Å²) in [6.45, 7) is 3.85. The highest BCUT2D eigenvalue weighted by Gasteiger charge is 2.44. The maximum Gasteiger partial charge on any atom is 0.240 e. The Bertz CT molecular complexity index is 992. The van der Waals surface area contributed by atoms with Crippen LogP contribution >= 0.6 is 0 Å². The van der Waals surface area contributed by atoms with Crippen molar-refractivity contribution in [1.82, 2.24) is 5.01 Å². The quantitative estimate of drug-likeness (QED) is 0.646. The molecule has 0 N–H and O–H groups in total. The Hall–Kier alpha value is -3.08. The first-order valence-corrected chi connectivity index (χ1v) is 10.9. The summed E-state index contributed by atoms with van der Waals surface area (Å²) >= 11 is 0. The summed E-state index contributed by atoms with van der Waals surface area (Å²) in [5.41, 5.74) is 4.50. The number of methoxy groups -OCH3 is 2. The Morgan fingerprint density at radius 3 is 2.23 bits per heavy atom. The number of carbonyl (C=O) groups is 1. The molecule has 1 aliphatic carbocycles. The monoisotopic (exact) mass is 418 g/mol. The summed E-state index contributed by atoms with van der Waals surface area (Å²) < 4.78 is 10.6. The standard InChI is InChI=1S/C26H30N2O3/c1-5-18-14-21(15-19-6-10-22(30-3)11-7-19)25-24(16-18)26(28(27-25)17(2)29)20-8-12-23(31-4)13-9-20/h6-13,15,18,24,26H,5,14,16H2,1-4H3/b21-15+. The van der Waals surface area contributed by atoms with Gasteiger partial charge in [0, 0.05) is 12.8 Å². The van der Waals surface area contributed by atoms with Gasteiger partial charge in [0.1, 0.15) is 11.5 Å². The molecule has 1 saturated carbocycles. The van der Waals surface area contributed by atoms with Gasteiger partial charge in [0.05, 0.1) is 26.0 Å². The van der Waals surface area contributed by atoms with Crippen LogP contribution in [0.5, 0.6) is 11.5 Å². The summed E-state index contributed by atoms with van der Waals surface area (Å²) in [6.07, 6.45) is 5.36. The van der Waals surface area contributed by atoms with Crippen LogP contribution in [0.4, 0.5) is 0 Å². The van der Waals surface area contributed by atoms with Crippen molar-refractivity contribution in [3.05, 3.63) is 65.2 Å². The van der Waals surface area contributed by atoms with Gasteiger partial charge in [0.15, 0.2) is 0 Å². The van der Waals surface area contributed by atoms with Gasteiger partial charge in [-0.05, 0) is 65.8 Å². The van der Waals surface area contributed by atoms with Gasteiger partial charge in [-0.2, -0.15) is 5.10 Å². The van der Waals surface area contributed by atoms with Crippen molar-refractivity contribution >= 4 is 17.7 Å². The van der Waals surface area contributed by atoms with Gasteiger partial charge in [-0.15, -0.1) is 0 Å². The zero-order valence-electron chi connectivity index (χ0n) is 18.7. The van der Waals surface area contributed by atoms with E-state index >= 15 is 0 Å². The normalized spacial score (nSPS) is 24.0. The summed E-state index contributed by atoms with van der Waals surface area (Å²) in [6, 6.07) is 16.0. The Kier molecular flexibility index (Phi) is 6.12. The zero-order valence-corrected chi connectivity index (χ0v) is 18.7. The topological polar surface area (TPSA) is 51.1 Å². The molecule has 3 atom stereocenters. The van der Waals surface area contributed by atoms with E-state index in [4.69, 9.17) is 14.6 Å². The number of rotatable bonds is 5. The Labute approximate surface area is 184 Å². The smallest absolute Gasteiger partial charge is 0.240 e. The van der Waals surface area contributed by atoms with Crippen molar-refractivity contribution in [2.75, 3.05) is 14.2 Å². The molecule has 0 radical (unpaired) electrons. The molecule has 5 nitrogen and oxygen atoms in total. The number of fused-ring (bicyclic) bond motifs is 1.